The van der Waals surface area contributed by atoms with Gasteiger partial charge in [0.1, 0.15) is 12.4 Å². The molecule has 0 saturated carbocycles. The first kappa shape index (κ1) is 10.4. The first-order chi connectivity index (χ1) is 7.75. The minimum Gasteiger partial charge on any atom is -0.489 e. The molecule has 1 aromatic carbocycles. The van der Waals surface area contributed by atoms with Gasteiger partial charge in [0.25, 0.3) is 0 Å². The Morgan fingerprint density at radius 3 is 2.50 bits per heavy atom. The van der Waals surface area contributed by atoms with E-state index in [1.54, 1.807) is 12.1 Å². The van der Waals surface area contributed by atoms with E-state index in [2.05, 4.69) is 0 Å². The van der Waals surface area contributed by atoms with E-state index in [-0.39, 0.29) is 18.2 Å². The first-order valence-electron chi connectivity index (χ1n) is 4.90. The molecule has 16 heavy (non-hydrogen) atoms. The molecule has 2 rings (SSSR count). The lowest BCUT2D eigenvalue weighted by Crippen LogP contribution is -2.14. The summed E-state index contributed by atoms with van der Waals surface area (Å²) in [6.07, 6.45) is 3.84. The lowest BCUT2D eigenvalue weighted by Gasteiger charge is -2.08. The molecule has 0 aliphatic heterocycles. The summed E-state index contributed by atoms with van der Waals surface area (Å²) in [5, 5.41) is 0. The number of benzene rings is 1. The number of allylic oxidation sites excluding steroid dienone is 3. The number of hydrogen-bond acceptors (Lipinski definition) is 3. The molecule has 0 heterocycles. The Balaban J connectivity index is 2.01. The van der Waals surface area contributed by atoms with Crippen LogP contribution in [-0.4, -0.2) is 18.2 Å². The highest BCUT2D eigenvalue weighted by atomic mass is 16.5. The normalized spacial score (nSPS) is 14.9. The summed E-state index contributed by atoms with van der Waals surface area (Å²) < 4.78 is 5.39. The van der Waals surface area contributed by atoms with Gasteiger partial charge in [0, 0.05) is 5.57 Å². The average molecular weight is 214 g/mol. The van der Waals surface area contributed by atoms with Crippen LogP contribution in [-0.2, 0) is 9.59 Å². The third-order valence-electron chi connectivity index (χ3n) is 2.17. The van der Waals surface area contributed by atoms with Crippen LogP contribution in [0.3, 0.4) is 0 Å². The standard InChI is InChI=1S/C13H10O3/c14-11-6-7-13(15)10(8-11)9-16-12-4-2-1-3-5-12/h1-8H,9H2. The van der Waals surface area contributed by atoms with E-state index in [9.17, 15) is 9.59 Å². The maximum atomic E-state index is 11.4. The van der Waals surface area contributed by atoms with Crippen molar-refractivity contribution in [1.82, 2.24) is 0 Å². The molecule has 0 fully saturated rings. The van der Waals surface area contributed by atoms with Gasteiger partial charge in [-0.1, -0.05) is 18.2 Å². The second kappa shape index (κ2) is 4.57. The number of carbonyl (C=O) groups is 2. The Morgan fingerprint density at radius 2 is 1.75 bits per heavy atom. The van der Waals surface area contributed by atoms with Gasteiger partial charge >= 0.3 is 0 Å². The first-order valence-corrected chi connectivity index (χ1v) is 4.90. The summed E-state index contributed by atoms with van der Waals surface area (Å²) in [6, 6.07) is 9.16. The molecule has 0 radical (unpaired) electrons. The van der Waals surface area contributed by atoms with E-state index >= 15 is 0 Å². The largest absolute Gasteiger partial charge is 0.489 e. The van der Waals surface area contributed by atoms with Crippen LogP contribution in [0.15, 0.2) is 54.1 Å². The van der Waals surface area contributed by atoms with Gasteiger partial charge in [-0.3, -0.25) is 9.59 Å². The van der Waals surface area contributed by atoms with E-state index in [4.69, 9.17) is 4.74 Å². The van der Waals surface area contributed by atoms with Crippen LogP contribution in [0.2, 0.25) is 0 Å². The van der Waals surface area contributed by atoms with Crippen LogP contribution < -0.4 is 4.74 Å². The summed E-state index contributed by atoms with van der Waals surface area (Å²) >= 11 is 0. The van der Waals surface area contributed by atoms with Crippen LogP contribution in [0.1, 0.15) is 0 Å². The Kier molecular flexibility index (Phi) is 2.96. The quantitative estimate of drug-likeness (QED) is 0.719. The zero-order valence-corrected chi connectivity index (χ0v) is 8.55. The van der Waals surface area contributed by atoms with Gasteiger partial charge in [-0.25, -0.2) is 0 Å². The van der Waals surface area contributed by atoms with Crippen LogP contribution in [0.5, 0.6) is 5.75 Å². The van der Waals surface area contributed by atoms with Crippen molar-refractivity contribution >= 4 is 11.6 Å². The number of hydrogen-bond donors (Lipinski definition) is 0. The van der Waals surface area contributed by atoms with E-state index in [1.807, 2.05) is 18.2 Å². The number of ether oxygens (including phenoxy) is 1. The number of rotatable bonds is 3. The third-order valence-corrected chi connectivity index (χ3v) is 2.17. The predicted molar refractivity (Wildman–Crippen MR) is 59.2 cm³/mol. The maximum Gasteiger partial charge on any atom is 0.185 e. The van der Waals surface area contributed by atoms with Gasteiger partial charge in [-0.15, -0.1) is 0 Å². The zero-order chi connectivity index (χ0) is 11.4. The molecule has 0 atom stereocenters. The molecule has 1 aliphatic carbocycles. The summed E-state index contributed by atoms with van der Waals surface area (Å²) in [5.41, 5.74) is 0.386. The van der Waals surface area contributed by atoms with Gasteiger partial charge in [-0.2, -0.15) is 0 Å². The van der Waals surface area contributed by atoms with Crippen molar-refractivity contribution in [3.8, 4) is 5.75 Å². The van der Waals surface area contributed by atoms with Crippen LogP contribution in [0.4, 0.5) is 0 Å². The van der Waals surface area contributed by atoms with Gasteiger partial charge < -0.3 is 4.74 Å². The second-order valence-electron chi connectivity index (χ2n) is 3.37. The van der Waals surface area contributed by atoms with E-state index < -0.39 is 0 Å². The lowest BCUT2D eigenvalue weighted by atomic mass is 10.0. The van der Waals surface area contributed by atoms with Crippen molar-refractivity contribution < 1.29 is 14.3 Å². The highest BCUT2D eigenvalue weighted by Gasteiger charge is 2.13. The SMILES string of the molecule is O=C1C=CC(=O)C(COc2ccccc2)=C1. The van der Waals surface area contributed by atoms with Crippen LogP contribution in [0.25, 0.3) is 0 Å². The Bertz CT molecular complexity index is 469. The molecule has 0 aromatic heterocycles. The molecule has 0 N–H and O–H groups in total. The van der Waals surface area contributed by atoms with Crippen LogP contribution >= 0.6 is 0 Å². The topological polar surface area (TPSA) is 43.4 Å². The molecular formula is C13H10O3. The van der Waals surface area contributed by atoms with Crippen LogP contribution in [0, 0.1) is 0 Å². The smallest absolute Gasteiger partial charge is 0.185 e. The lowest BCUT2D eigenvalue weighted by molar-refractivity contribution is -0.114. The molecule has 80 valence electrons. The molecule has 0 saturated heterocycles. The van der Waals surface area contributed by atoms with Gasteiger partial charge in [0.2, 0.25) is 0 Å². The molecular weight excluding hydrogens is 204 g/mol. The second-order valence-corrected chi connectivity index (χ2v) is 3.37. The summed E-state index contributed by atoms with van der Waals surface area (Å²) in [6.45, 7) is 0.124. The monoisotopic (exact) mass is 214 g/mol. The van der Waals surface area contributed by atoms with Gasteiger partial charge in [0.15, 0.2) is 11.6 Å². The highest BCUT2D eigenvalue weighted by molar-refractivity contribution is 6.17. The van der Waals surface area contributed by atoms with Crippen molar-refractivity contribution in [2.75, 3.05) is 6.61 Å². The molecule has 0 unspecified atom stereocenters. The third kappa shape index (κ3) is 2.45. The number of para-hydroxylation sites is 1. The fourth-order valence-corrected chi connectivity index (χ4v) is 1.35. The summed E-state index contributed by atoms with van der Waals surface area (Å²) in [7, 11) is 0. The molecule has 3 nitrogen and oxygen atoms in total. The number of carbonyl (C=O) groups excluding carboxylic acids is 2. The van der Waals surface area contributed by atoms with E-state index in [0.29, 0.717) is 11.3 Å². The maximum absolute atomic E-state index is 11.4. The summed E-state index contributed by atoms with van der Waals surface area (Å²) in [5.74, 6) is 0.333. The summed E-state index contributed by atoms with van der Waals surface area (Å²) in [4.78, 5) is 22.4. The number of ketones is 2. The Morgan fingerprint density at radius 1 is 1.00 bits per heavy atom. The fraction of sp³-hybridized carbons (Fsp3) is 0.0769. The molecule has 1 aromatic rings. The average Bonchev–Trinajstić information content (AvgIpc) is 2.32. The van der Waals surface area contributed by atoms with Crippen molar-refractivity contribution in [3.05, 3.63) is 54.1 Å². The Labute approximate surface area is 93.0 Å². The molecule has 1 aliphatic rings. The van der Waals surface area contributed by atoms with Crippen molar-refractivity contribution in [3.63, 3.8) is 0 Å². The zero-order valence-electron chi connectivity index (χ0n) is 8.55. The Hall–Kier alpha value is -2.16. The predicted octanol–water partition coefficient (Wildman–Crippen LogP) is 1.70. The van der Waals surface area contributed by atoms with Gasteiger partial charge in [-0.05, 0) is 30.4 Å². The molecule has 3 heteroatoms. The van der Waals surface area contributed by atoms with Gasteiger partial charge in [0.05, 0.1) is 0 Å². The minimum absolute atomic E-state index is 0.124. The minimum atomic E-state index is -0.175. The van der Waals surface area contributed by atoms with E-state index in [0.717, 1.165) is 0 Å². The van der Waals surface area contributed by atoms with Crippen molar-refractivity contribution in [2.24, 2.45) is 0 Å². The fourth-order valence-electron chi connectivity index (χ4n) is 1.35. The highest BCUT2D eigenvalue weighted by Crippen LogP contribution is 2.12. The van der Waals surface area contributed by atoms with Crippen molar-refractivity contribution in [1.29, 1.82) is 0 Å². The van der Waals surface area contributed by atoms with Crippen molar-refractivity contribution in [2.45, 2.75) is 0 Å². The van der Waals surface area contributed by atoms with E-state index in [1.165, 1.54) is 18.2 Å². The molecule has 0 amide bonds. The molecule has 0 bridgehead atoms. The molecule has 0 spiro atoms.